The lowest BCUT2D eigenvalue weighted by atomic mass is 9.35. The van der Waals surface area contributed by atoms with E-state index in [4.69, 9.17) is 9.47 Å². The number of ether oxygens (including phenoxy) is 2. The zero-order valence-electron chi connectivity index (χ0n) is 26.2. The lowest BCUT2D eigenvalue weighted by molar-refractivity contribution is -0.160. The van der Waals surface area contributed by atoms with Crippen LogP contribution in [0.1, 0.15) is 105 Å². The number of carbonyl (C=O) groups is 3. The van der Waals surface area contributed by atoms with Gasteiger partial charge in [-0.15, -0.1) is 0 Å². The molecule has 0 spiro atoms. The predicted octanol–water partition coefficient (Wildman–Crippen LogP) is 7.24. The van der Waals surface area contributed by atoms with E-state index in [-0.39, 0.29) is 56.5 Å². The molecular weight excluding hydrogens is 544 g/mol. The molecule has 0 bridgehead atoms. The molecule has 2 aromatic rings. The smallest absolute Gasteiger partial charge is 0.343 e. The number of allylic oxidation sites excluding steroid dienone is 2. The monoisotopic (exact) mass is 586 g/mol. The number of esters is 1. The Kier molecular flexibility index (Phi) is 6.47. The molecule has 7 nitrogen and oxygen atoms in total. The van der Waals surface area contributed by atoms with Crippen LogP contribution in [0.2, 0.25) is 0 Å². The molecule has 3 saturated carbocycles. The Bertz CT molecular complexity index is 1620. The average molecular weight is 587 g/mol. The van der Waals surface area contributed by atoms with Crippen molar-refractivity contribution < 1.29 is 34.1 Å². The van der Waals surface area contributed by atoms with Gasteiger partial charge in [-0.25, -0.2) is 4.79 Å². The number of ketones is 2. The average Bonchev–Trinajstić information content (AvgIpc) is 2.95. The highest BCUT2D eigenvalue weighted by atomic mass is 16.5. The zero-order chi connectivity index (χ0) is 31.3. The molecule has 6 rings (SSSR count). The van der Waals surface area contributed by atoms with E-state index in [1.807, 2.05) is 6.08 Å². The molecule has 2 aromatic carbocycles. The quantitative estimate of drug-likeness (QED) is 0.288. The summed E-state index contributed by atoms with van der Waals surface area (Å²) in [6, 6.07) is 5.72. The fourth-order valence-corrected chi connectivity index (χ4v) is 9.53. The van der Waals surface area contributed by atoms with Crippen LogP contribution in [-0.2, 0) is 10.2 Å². The van der Waals surface area contributed by atoms with Crippen molar-refractivity contribution in [3.8, 4) is 23.0 Å². The van der Waals surface area contributed by atoms with Crippen molar-refractivity contribution in [1.29, 1.82) is 0 Å². The number of hydrogen-bond acceptors (Lipinski definition) is 7. The fourth-order valence-electron chi connectivity index (χ4n) is 9.53. The number of phenols is 2. The van der Waals surface area contributed by atoms with Gasteiger partial charge in [0, 0.05) is 28.9 Å². The Morgan fingerprint density at radius 3 is 2.40 bits per heavy atom. The third kappa shape index (κ3) is 3.95. The highest BCUT2D eigenvalue weighted by molar-refractivity contribution is 6.10. The maximum atomic E-state index is 14.0. The topological polar surface area (TPSA) is 110 Å². The summed E-state index contributed by atoms with van der Waals surface area (Å²) in [6.07, 6.45) is 6.96. The normalized spacial score (nSPS) is 34.7. The van der Waals surface area contributed by atoms with Gasteiger partial charge in [-0.2, -0.15) is 0 Å². The minimum Gasteiger partial charge on any atom is -0.504 e. The van der Waals surface area contributed by atoms with Crippen LogP contribution in [0.5, 0.6) is 23.0 Å². The molecule has 7 heteroatoms. The Hall–Kier alpha value is -3.61. The summed E-state index contributed by atoms with van der Waals surface area (Å²) in [5, 5.41) is 21.2. The molecule has 0 aliphatic heterocycles. The van der Waals surface area contributed by atoms with Gasteiger partial charge in [-0.1, -0.05) is 34.6 Å². The Morgan fingerprint density at radius 1 is 0.977 bits per heavy atom. The van der Waals surface area contributed by atoms with Gasteiger partial charge in [0.1, 0.15) is 5.78 Å². The molecule has 4 aliphatic carbocycles. The standard InChI is InChI=1S/C36H42O7/c1-19-14-28-33(3,18-26(19)40)10-12-36(6)29-17-24(38)30-20(2)31(43-32(41)21-8-9-23(37)27(15-21)42-7)25(39)16-22(30)34(29,4)11-13-35(28,36)5/h8-9,15-17,19,28,37,39H,10-14,18H2,1-7H3/t19-,28?,33+,34+,35+,36-/m1/s1. The van der Waals surface area contributed by atoms with E-state index in [0.717, 1.165) is 43.2 Å². The SMILES string of the molecule is COc1cc(C(=O)Oc2c(O)cc3c(c2C)C(=O)C=C2[C@@]3(C)CC[C@@]3(C)C4C[C@@H](C)C(=O)C[C@]4(C)CC[C@]23C)ccc1O. The Morgan fingerprint density at radius 2 is 1.70 bits per heavy atom. The molecule has 1 unspecified atom stereocenters. The maximum Gasteiger partial charge on any atom is 0.343 e. The van der Waals surface area contributed by atoms with Crippen molar-refractivity contribution in [2.75, 3.05) is 7.11 Å². The number of hydrogen-bond donors (Lipinski definition) is 2. The van der Waals surface area contributed by atoms with Gasteiger partial charge in [0.2, 0.25) is 0 Å². The van der Waals surface area contributed by atoms with E-state index in [1.54, 1.807) is 13.0 Å². The molecule has 0 heterocycles. The van der Waals surface area contributed by atoms with Crippen molar-refractivity contribution >= 4 is 17.5 Å². The molecule has 2 N–H and O–H groups in total. The summed E-state index contributed by atoms with van der Waals surface area (Å²) in [6.45, 7) is 13.0. The van der Waals surface area contributed by atoms with E-state index in [9.17, 15) is 24.6 Å². The zero-order valence-corrected chi connectivity index (χ0v) is 26.2. The maximum absolute atomic E-state index is 14.0. The highest BCUT2D eigenvalue weighted by Crippen LogP contribution is 2.73. The number of benzene rings is 2. The number of rotatable bonds is 3. The van der Waals surface area contributed by atoms with Crippen LogP contribution in [0.3, 0.4) is 0 Å². The van der Waals surface area contributed by atoms with Crippen molar-refractivity contribution in [2.45, 2.75) is 85.5 Å². The largest absolute Gasteiger partial charge is 0.504 e. The summed E-state index contributed by atoms with van der Waals surface area (Å²) >= 11 is 0. The molecule has 0 amide bonds. The van der Waals surface area contributed by atoms with Crippen LogP contribution >= 0.6 is 0 Å². The minimum absolute atomic E-state index is 0.0299. The molecule has 3 fully saturated rings. The molecule has 0 aromatic heterocycles. The van der Waals surface area contributed by atoms with E-state index >= 15 is 0 Å². The van der Waals surface area contributed by atoms with Crippen LogP contribution in [0.25, 0.3) is 0 Å². The molecule has 0 saturated heterocycles. The molecule has 43 heavy (non-hydrogen) atoms. The van der Waals surface area contributed by atoms with Crippen LogP contribution < -0.4 is 9.47 Å². The van der Waals surface area contributed by atoms with Crippen molar-refractivity contribution in [2.24, 2.45) is 28.1 Å². The summed E-state index contributed by atoms with van der Waals surface area (Å²) < 4.78 is 10.8. The van der Waals surface area contributed by atoms with Gasteiger partial charge < -0.3 is 19.7 Å². The first-order valence-corrected chi connectivity index (χ1v) is 15.4. The van der Waals surface area contributed by atoms with Gasteiger partial charge in [0.25, 0.3) is 0 Å². The third-order valence-corrected chi connectivity index (χ3v) is 12.3. The first-order chi connectivity index (χ1) is 20.1. The summed E-state index contributed by atoms with van der Waals surface area (Å²) in [5.41, 5.74) is 2.10. The van der Waals surface area contributed by atoms with Gasteiger partial charge in [0.15, 0.2) is 28.8 Å². The van der Waals surface area contributed by atoms with Crippen molar-refractivity contribution in [3.05, 3.63) is 58.2 Å². The highest BCUT2D eigenvalue weighted by Gasteiger charge is 2.66. The molecule has 228 valence electrons. The lowest BCUT2D eigenvalue weighted by Crippen LogP contribution is -2.62. The Labute approximate surface area is 253 Å². The van der Waals surface area contributed by atoms with Crippen molar-refractivity contribution in [3.63, 3.8) is 0 Å². The van der Waals surface area contributed by atoms with E-state index < -0.39 is 11.4 Å². The van der Waals surface area contributed by atoms with Crippen LogP contribution in [0, 0.1) is 35.0 Å². The van der Waals surface area contributed by atoms with Crippen molar-refractivity contribution in [1.82, 2.24) is 0 Å². The van der Waals surface area contributed by atoms with Gasteiger partial charge in [-0.3, -0.25) is 9.59 Å². The molecule has 6 atom stereocenters. The first kappa shape index (κ1) is 29.5. The fraction of sp³-hybridized carbons (Fsp3) is 0.528. The van der Waals surface area contributed by atoms with E-state index in [0.29, 0.717) is 29.2 Å². The van der Waals surface area contributed by atoms with E-state index in [2.05, 4.69) is 34.6 Å². The van der Waals surface area contributed by atoms with Crippen LogP contribution in [0.15, 0.2) is 35.9 Å². The second-order valence-electron chi connectivity index (χ2n) is 14.5. The number of methoxy groups -OCH3 is 1. The lowest BCUT2D eigenvalue weighted by Gasteiger charge is -2.69. The molecular formula is C36H42O7. The first-order valence-electron chi connectivity index (χ1n) is 15.4. The van der Waals surface area contributed by atoms with E-state index in [1.165, 1.54) is 25.3 Å². The summed E-state index contributed by atoms with van der Waals surface area (Å²) in [5.74, 6) is -0.314. The second-order valence-corrected chi connectivity index (χ2v) is 14.5. The summed E-state index contributed by atoms with van der Waals surface area (Å²) in [7, 11) is 1.38. The number of fused-ring (bicyclic) bond motifs is 7. The number of phenolic OH excluding ortho intramolecular Hbond substituents is 2. The molecule has 0 radical (unpaired) electrons. The van der Waals surface area contributed by atoms with Crippen LogP contribution in [0.4, 0.5) is 0 Å². The second kappa shape index (κ2) is 9.44. The van der Waals surface area contributed by atoms with Gasteiger partial charge in [-0.05, 0) is 103 Å². The molecule has 4 aliphatic rings. The Balaban J connectivity index is 1.40. The third-order valence-electron chi connectivity index (χ3n) is 12.3. The van der Waals surface area contributed by atoms with Gasteiger partial charge in [0.05, 0.1) is 12.7 Å². The number of aromatic hydroxyl groups is 2. The number of Topliss-reactive ketones (excluding diaryl/α,β-unsaturated/α-hetero) is 1. The predicted molar refractivity (Wildman–Crippen MR) is 162 cm³/mol. The summed E-state index contributed by atoms with van der Waals surface area (Å²) in [4.78, 5) is 39.9. The van der Waals surface area contributed by atoms with Crippen LogP contribution in [-0.4, -0.2) is 34.9 Å². The number of carbonyl (C=O) groups excluding carboxylic acids is 3. The van der Waals surface area contributed by atoms with Gasteiger partial charge >= 0.3 is 5.97 Å². The minimum atomic E-state index is -0.742.